The van der Waals surface area contributed by atoms with Crippen LogP contribution in [0.5, 0.6) is 0 Å². The highest BCUT2D eigenvalue weighted by molar-refractivity contribution is 5.86. The van der Waals surface area contributed by atoms with Crippen molar-refractivity contribution >= 4 is 5.97 Å². The summed E-state index contributed by atoms with van der Waals surface area (Å²) < 4.78 is 14.9. The van der Waals surface area contributed by atoms with Crippen molar-refractivity contribution in [1.82, 2.24) is 0 Å². The van der Waals surface area contributed by atoms with Gasteiger partial charge >= 0.3 is 5.97 Å². The second kappa shape index (κ2) is 13.5. The molecule has 0 spiro atoms. The van der Waals surface area contributed by atoms with Crippen LogP contribution in [0, 0.1) is 0 Å². The van der Waals surface area contributed by atoms with Crippen molar-refractivity contribution in [2.24, 2.45) is 0 Å². The third kappa shape index (κ3) is 17.1. The van der Waals surface area contributed by atoms with Gasteiger partial charge in [0.25, 0.3) is 0 Å². The smallest absolute Gasteiger partial charge is 0.333 e. The average molecular weight is 276 g/mol. The second-order valence-corrected chi connectivity index (χ2v) is 4.15. The van der Waals surface area contributed by atoms with Gasteiger partial charge in [0.15, 0.2) is 0 Å². The highest BCUT2D eigenvalue weighted by Gasteiger charge is 2.08. The van der Waals surface area contributed by atoms with Gasteiger partial charge in [0.1, 0.15) is 6.61 Å². The zero-order chi connectivity index (χ0) is 15.3. The third-order valence-corrected chi connectivity index (χ3v) is 1.83. The number of carbonyl (C=O) groups excluding carboxylic acids is 1. The van der Waals surface area contributed by atoms with Crippen LogP contribution in [0.25, 0.3) is 0 Å². The molecule has 5 nitrogen and oxygen atoms in total. The van der Waals surface area contributed by atoms with Gasteiger partial charge in [-0.2, -0.15) is 0 Å². The summed E-state index contributed by atoms with van der Waals surface area (Å²) in [5.41, 5.74) is 0.368. The lowest BCUT2D eigenvalue weighted by molar-refractivity contribution is -0.143. The Balaban J connectivity index is 0. The van der Waals surface area contributed by atoms with Crippen LogP contribution in [0.4, 0.5) is 0 Å². The first-order chi connectivity index (χ1) is 8.84. The molecule has 0 aliphatic rings. The molecule has 0 aliphatic carbocycles. The number of rotatable bonds is 8. The quantitative estimate of drug-likeness (QED) is 0.542. The van der Waals surface area contributed by atoms with E-state index in [9.17, 15) is 4.79 Å². The lowest BCUT2D eigenvalue weighted by Crippen LogP contribution is -2.23. The minimum absolute atomic E-state index is 0.179. The van der Waals surface area contributed by atoms with Gasteiger partial charge in [0.05, 0.1) is 18.8 Å². The van der Waals surface area contributed by atoms with E-state index in [2.05, 4.69) is 6.58 Å². The molecule has 0 radical (unpaired) electrons. The molecule has 5 heteroatoms. The zero-order valence-electron chi connectivity index (χ0n) is 12.8. The zero-order valence-corrected chi connectivity index (χ0v) is 12.8. The van der Waals surface area contributed by atoms with Gasteiger partial charge in [-0.05, 0) is 34.6 Å². The largest absolute Gasteiger partial charge is 0.460 e. The van der Waals surface area contributed by atoms with E-state index in [-0.39, 0.29) is 19.3 Å². The van der Waals surface area contributed by atoms with Gasteiger partial charge in [-0.3, -0.25) is 0 Å². The van der Waals surface area contributed by atoms with E-state index in [0.717, 1.165) is 13.2 Å². The van der Waals surface area contributed by atoms with Gasteiger partial charge in [-0.25, -0.2) is 4.79 Å². The fraction of sp³-hybridized carbons (Fsp3) is 0.786. The molecule has 0 aliphatic heterocycles. The predicted octanol–water partition coefficient (Wildman–Crippen LogP) is 1.93. The second-order valence-electron chi connectivity index (χ2n) is 4.15. The van der Waals surface area contributed by atoms with Gasteiger partial charge in [0.2, 0.25) is 0 Å². The summed E-state index contributed by atoms with van der Waals surface area (Å²) in [7, 11) is 0. The molecular weight excluding hydrogens is 248 g/mol. The molecule has 0 rings (SSSR count). The standard InChI is InChI=1S/C10H18O4.C4H10O/c1-7(2)10(12)14-6-9(4)13-5-8(3)11;1-3-5-4-2/h8-9,11H,1,5-6H2,2-4H3;3-4H2,1-2H3. The van der Waals surface area contributed by atoms with Crippen LogP contribution in [0.15, 0.2) is 12.2 Å². The summed E-state index contributed by atoms with van der Waals surface area (Å²) in [6.07, 6.45) is -0.720. The van der Waals surface area contributed by atoms with E-state index < -0.39 is 12.1 Å². The Kier molecular flexibility index (Phi) is 14.5. The average Bonchev–Trinajstić information content (AvgIpc) is 2.34. The molecule has 19 heavy (non-hydrogen) atoms. The Bertz CT molecular complexity index is 236. The highest BCUT2D eigenvalue weighted by atomic mass is 16.6. The minimum atomic E-state index is -0.505. The van der Waals surface area contributed by atoms with Crippen LogP contribution in [0.3, 0.4) is 0 Å². The highest BCUT2D eigenvalue weighted by Crippen LogP contribution is 1.97. The number of hydrogen-bond donors (Lipinski definition) is 1. The van der Waals surface area contributed by atoms with Crippen molar-refractivity contribution in [3.8, 4) is 0 Å². The molecule has 2 atom stereocenters. The molecule has 0 aromatic heterocycles. The fourth-order valence-corrected chi connectivity index (χ4v) is 0.872. The van der Waals surface area contributed by atoms with Crippen molar-refractivity contribution in [2.45, 2.75) is 46.8 Å². The summed E-state index contributed by atoms with van der Waals surface area (Å²) in [5.74, 6) is -0.419. The van der Waals surface area contributed by atoms with Crippen LogP contribution in [-0.4, -0.2) is 49.7 Å². The molecule has 0 saturated carbocycles. The number of carbonyl (C=O) groups is 1. The molecule has 2 unspecified atom stereocenters. The van der Waals surface area contributed by atoms with E-state index in [0.29, 0.717) is 5.57 Å². The van der Waals surface area contributed by atoms with E-state index in [1.165, 1.54) is 0 Å². The molecular formula is C14H28O5. The molecule has 0 amide bonds. The van der Waals surface area contributed by atoms with E-state index in [1.807, 2.05) is 13.8 Å². The Hall–Kier alpha value is -0.910. The normalized spacial score (nSPS) is 12.9. The number of ether oxygens (including phenoxy) is 3. The summed E-state index contributed by atoms with van der Waals surface area (Å²) in [5, 5.41) is 8.92. The molecule has 1 N–H and O–H groups in total. The minimum Gasteiger partial charge on any atom is -0.460 e. The van der Waals surface area contributed by atoms with Crippen LogP contribution in [0.1, 0.15) is 34.6 Å². The predicted molar refractivity (Wildman–Crippen MR) is 75.0 cm³/mol. The lowest BCUT2D eigenvalue weighted by atomic mass is 10.3. The molecule has 0 heterocycles. The Labute approximate surface area is 116 Å². The van der Waals surface area contributed by atoms with Crippen molar-refractivity contribution in [3.63, 3.8) is 0 Å². The van der Waals surface area contributed by atoms with E-state index in [4.69, 9.17) is 19.3 Å². The molecule has 0 fully saturated rings. The van der Waals surface area contributed by atoms with Crippen molar-refractivity contribution < 1.29 is 24.1 Å². The Morgan fingerprint density at radius 2 is 1.74 bits per heavy atom. The van der Waals surface area contributed by atoms with Gasteiger partial charge in [-0.15, -0.1) is 0 Å². The number of hydrogen-bond acceptors (Lipinski definition) is 5. The maximum Gasteiger partial charge on any atom is 0.333 e. The van der Waals surface area contributed by atoms with Crippen LogP contribution in [0.2, 0.25) is 0 Å². The van der Waals surface area contributed by atoms with Crippen LogP contribution >= 0.6 is 0 Å². The number of aliphatic hydroxyl groups excluding tert-OH is 1. The van der Waals surface area contributed by atoms with Crippen molar-refractivity contribution in [3.05, 3.63) is 12.2 Å². The van der Waals surface area contributed by atoms with Crippen LogP contribution in [-0.2, 0) is 19.0 Å². The first-order valence-electron chi connectivity index (χ1n) is 6.55. The maximum absolute atomic E-state index is 11.0. The summed E-state index contributed by atoms with van der Waals surface area (Å²) in [6, 6.07) is 0. The van der Waals surface area contributed by atoms with Gasteiger partial charge in [-0.1, -0.05) is 6.58 Å². The first kappa shape index (κ1) is 20.4. The Morgan fingerprint density at radius 1 is 1.21 bits per heavy atom. The molecule has 0 aromatic carbocycles. The topological polar surface area (TPSA) is 65.0 Å². The molecule has 0 bridgehead atoms. The van der Waals surface area contributed by atoms with E-state index >= 15 is 0 Å². The molecule has 0 aromatic rings. The molecule has 0 saturated heterocycles. The van der Waals surface area contributed by atoms with Gasteiger partial charge < -0.3 is 19.3 Å². The number of aliphatic hydroxyl groups is 1. The summed E-state index contributed by atoms with van der Waals surface area (Å²) in [4.78, 5) is 11.0. The number of esters is 1. The van der Waals surface area contributed by atoms with Crippen molar-refractivity contribution in [1.29, 1.82) is 0 Å². The lowest BCUT2D eigenvalue weighted by Gasteiger charge is -2.14. The monoisotopic (exact) mass is 276 g/mol. The van der Waals surface area contributed by atoms with Crippen molar-refractivity contribution in [2.75, 3.05) is 26.4 Å². The van der Waals surface area contributed by atoms with E-state index in [1.54, 1.807) is 20.8 Å². The maximum atomic E-state index is 11.0. The first-order valence-corrected chi connectivity index (χ1v) is 6.55. The van der Waals surface area contributed by atoms with Crippen LogP contribution < -0.4 is 0 Å². The summed E-state index contributed by atoms with van der Waals surface area (Å²) in [6.45, 7) is 14.5. The SMILES string of the molecule is C=C(C)C(=O)OCC(C)OCC(C)O.CCOCC. The summed E-state index contributed by atoms with van der Waals surface area (Å²) >= 11 is 0. The Morgan fingerprint density at radius 3 is 2.05 bits per heavy atom. The fourth-order valence-electron chi connectivity index (χ4n) is 0.872. The molecule has 114 valence electrons. The third-order valence-electron chi connectivity index (χ3n) is 1.83. The van der Waals surface area contributed by atoms with Gasteiger partial charge in [0, 0.05) is 18.8 Å².